The molecule has 0 unspecified atom stereocenters. The largest absolute Gasteiger partial charge is 0.359 e. The van der Waals surface area contributed by atoms with Crippen LogP contribution in [0.5, 0.6) is 0 Å². The maximum Gasteiger partial charge on any atom is 0.191 e. The van der Waals surface area contributed by atoms with E-state index in [1.54, 1.807) is 6.20 Å². The molecule has 2 N–H and O–H groups in total. The van der Waals surface area contributed by atoms with E-state index in [-0.39, 0.29) is 24.0 Å². The number of hydrogen-bond acceptors (Lipinski definition) is 4. The second-order valence-corrected chi connectivity index (χ2v) is 5.98. The first kappa shape index (κ1) is 22.5. The lowest BCUT2D eigenvalue weighted by atomic mass is 9.99. The minimum absolute atomic E-state index is 0. The molecule has 0 fully saturated rings. The van der Waals surface area contributed by atoms with E-state index in [1.807, 2.05) is 23.0 Å². The zero-order chi connectivity index (χ0) is 17.9. The number of aromatic nitrogens is 3. The predicted octanol–water partition coefficient (Wildman–Crippen LogP) is 3.54. The molecule has 0 amide bonds. The minimum Gasteiger partial charge on any atom is -0.359 e. The van der Waals surface area contributed by atoms with Gasteiger partial charge in [0.15, 0.2) is 11.7 Å². The van der Waals surface area contributed by atoms with Crippen LogP contribution < -0.4 is 10.6 Å². The molecule has 2 rings (SSSR count). The lowest BCUT2D eigenvalue weighted by Crippen LogP contribution is -2.38. The standard InChI is InChI=1S/C18H30N6O.HI/c1-4-15(5-2)17-13-16(25-23-17)14-21-18(19-6-3)20-9-7-11-24-12-8-10-22-24;/h8,10,12-13,15H,4-7,9,11,14H2,1-3H3,(H2,19,20,21);1H. The first-order valence-electron chi connectivity index (χ1n) is 9.21. The molecule has 0 aliphatic rings. The number of aryl methyl sites for hydroxylation is 1. The third-order valence-electron chi connectivity index (χ3n) is 4.13. The number of guanidine groups is 1. The van der Waals surface area contributed by atoms with E-state index >= 15 is 0 Å². The Balaban J connectivity index is 0.00000338. The van der Waals surface area contributed by atoms with Gasteiger partial charge in [-0.15, -0.1) is 24.0 Å². The summed E-state index contributed by atoms with van der Waals surface area (Å²) in [6, 6.07) is 3.97. The van der Waals surface area contributed by atoms with Crippen LogP contribution in [0, 0.1) is 0 Å². The van der Waals surface area contributed by atoms with Crippen molar-refractivity contribution in [1.29, 1.82) is 0 Å². The first-order chi connectivity index (χ1) is 12.3. The van der Waals surface area contributed by atoms with Gasteiger partial charge in [-0.05, 0) is 32.3 Å². The van der Waals surface area contributed by atoms with E-state index in [2.05, 4.69) is 46.7 Å². The summed E-state index contributed by atoms with van der Waals surface area (Å²) >= 11 is 0. The minimum atomic E-state index is 0. The van der Waals surface area contributed by atoms with Gasteiger partial charge >= 0.3 is 0 Å². The molecule has 8 heteroatoms. The summed E-state index contributed by atoms with van der Waals surface area (Å²) in [4.78, 5) is 4.58. The van der Waals surface area contributed by atoms with Crippen molar-refractivity contribution < 1.29 is 4.52 Å². The lowest BCUT2D eigenvalue weighted by Gasteiger charge is -2.10. The summed E-state index contributed by atoms with van der Waals surface area (Å²) in [5.41, 5.74) is 1.03. The second-order valence-electron chi connectivity index (χ2n) is 5.98. The van der Waals surface area contributed by atoms with Gasteiger partial charge < -0.3 is 15.2 Å². The molecule has 7 nitrogen and oxygen atoms in total. The van der Waals surface area contributed by atoms with E-state index in [1.165, 1.54) is 0 Å². The van der Waals surface area contributed by atoms with Gasteiger partial charge in [-0.3, -0.25) is 4.68 Å². The Morgan fingerprint density at radius 1 is 1.27 bits per heavy atom. The molecule has 26 heavy (non-hydrogen) atoms. The van der Waals surface area contributed by atoms with Crippen molar-refractivity contribution in [2.24, 2.45) is 4.99 Å². The molecule has 0 spiro atoms. The highest BCUT2D eigenvalue weighted by molar-refractivity contribution is 14.0. The van der Waals surface area contributed by atoms with Gasteiger partial charge in [0.25, 0.3) is 0 Å². The Hall–Kier alpha value is -1.58. The number of halogens is 1. The van der Waals surface area contributed by atoms with E-state index in [4.69, 9.17) is 4.52 Å². The van der Waals surface area contributed by atoms with Crippen LogP contribution in [0.15, 0.2) is 34.0 Å². The fourth-order valence-corrected chi connectivity index (χ4v) is 2.68. The number of nitrogens with zero attached hydrogens (tertiary/aromatic N) is 4. The second kappa shape index (κ2) is 12.7. The highest BCUT2D eigenvalue weighted by Crippen LogP contribution is 2.22. The van der Waals surface area contributed by atoms with Crippen LogP contribution in [-0.4, -0.2) is 34.0 Å². The summed E-state index contributed by atoms with van der Waals surface area (Å²) in [5, 5.41) is 15.0. The Kier molecular flexibility index (Phi) is 11.0. The molecule has 0 saturated carbocycles. The van der Waals surface area contributed by atoms with E-state index in [9.17, 15) is 0 Å². The molecule has 2 aromatic rings. The zero-order valence-electron chi connectivity index (χ0n) is 15.9. The summed E-state index contributed by atoms with van der Waals surface area (Å²) in [6.45, 7) is 9.44. The smallest absolute Gasteiger partial charge is 0.191 e. The Labute approximate surface area is 173 Å². The SMILES string of the molecule is CCNC(=NCc1cc(C(CC)CC)no1)NCCCn1cccn1.I. The summed E-state index contributed by atoms with van der Waals surface area (Å²) < 4.78 is 7.36. The quantitative estimate of drug-likeness (QED) is 0.238. The van der Waals surface area contributed by atoms with Gasteiger partial charge in [0.1, 0.15) is 6.54 Å². The Morgan fingerprint density at radius 2 is 2.08 bits per heavy atom. The highest BCUT2D eigenvalue weighted by atomic mass is 127. The highest BCUT2D eigenvalue weighted by Gasteiger charge is 2.12. The third kappa shape index (κ3) is 7.35. The molecule has 2 aromatic heterocycles. The molecule has 0 saturated heterocycles. The van der Waals surface area contributed by atoms with Crippen molar-refractivity contribution in [1.82, 2.24) is 25.6 Å². The Bertz CT molecular complexity index is 621. The summed E-state index contributed by atoms with van der Waals surface area (Å²) in [7, 11) is 0. The predicted molar refractivity (Wildman–Crippen MR) is 115 cm³/mol. The number of hydrogen-bond donors (Lipinski definition) is 2. The number of rotatable bonds is 10. The van der Waals surface area contributed by atoms with Gasteiger partial charge in [-0.1, -0.05) is 19.0 Å². The van der Waals surface area contributed by atoms with Crippen LogP contribution in [0.3, 0.4) is 0 Å². The topological polar surface area (TPSA) is 80.3 Å². The molecule has 146 valence electrons. The monoisotopic (exact) mass is 474 g/mol. The third-order valence-corrected chi connectivity index (χ3v) is 4.13. The van der Waals surface area contributed by atoms with Crippen LogP contribution >= 0.6 is 24.0 Å². The molecule has 2 heterocycles. The van der Waals surface area contributed by atoms with Crippen LogP contribution in [0.1, 0.15) is 57.4 Å². The van der Waals surface area contributed by atoms with Gasteiger partial charge in [0.2, 0.25) is 0 Å². The van der Waals surface area contributed by atoms with Gasteiger partial charge in [-0.25, -0.2) is 4.99 Å². The Morgan fingerprint density at radius 3 is 2.73 bits per heavy atom. The molecule has 0 atom stereocenters. The van der Waals surface area contributed by atoms with Crippen LogP contribution in [-0.2, 0) is 13.1 Å². The average molecular weight is 474 g/mol. The molecule has 0 aromatic carbocycles. The lowest BCUT2D eigenvalue weighted by molar-refractivity contribution is 0.372. The van der Waals surface area contributed by atoms with Gasteiger partial charge in [-0.2, -0.15) is 5.10 Å². The average Bonchev–Trinajstić information content (AvgIpc) is 3.29. The van der Waals surface area contributed by atoms with Crippen molar-refractivity contribution in [2.75, 3.05) is 13.1 Å². The first-order valence-corrected chi connectivity index (χ1v) is 9.21. The molecular formula is C18H31IN6O. The van der Waals surface area contributed by atoms with Crippen LogP contribution in [0.2, 0.25) is 0 Å². The zero-order valence-corrected chi connectivity index (χ0v) is 18.3. The van der Waals surface area contributed by atoms with Crippen molar-refractivity contribution in [2.45, 2.75) is 59.0 Å². The summed E-state index contributed by atoms with van der Waals surface area (Å²) in [5.74, 6) is 2.06. The summed E-state index contributed by atoms with van der Waals surface area (Å²) in [6.07, 6.45) is 6.90. The van der Waals surface area contributed by atoms with Gasteiger partial charge in [0.05, 0.1) is 5.69 Å². The van der Waals surface area contributed by atoms with E-state index in [0.29, 0.717) is 12.5 Å². The number of aliphatic imine (C=N–C) groups is 1. The van der Waals surface area contributed by atoms with Crippen molar-refractivity contribution in [3.8, 4) is 0 Å². The normalized spacial score (nSPS) is 11.5. The molecule has 0 radical (unpaired) electrons. The van der Waals surface area contributed by atoms with Crippen molar-refractivity contribution >= 4 is 29.9 Å². The van der Waals surface area contributed by atoms with Crippen molar-refractivity contribution in [3.05, 3.63) is 36.0 Å². The molecule has 0 aliphatic carbocycles. The molecule has 0 bridgehead atoms. The van der Waals surface area contributed by atoms with Gasteiger partial charge in [0, 0.05) is 44.0 Å². The van der Waals surface area contributed by atoms with Crippen molar-refractivity contribution in [3.63, 3.8) is 0 Å². The van der Waals surface area contributed by atoms with E-state index in [0.717, 1.165) is 56.3 Å². The fourth-order valence-electron chi connectivity index (χ4n) is 2.68. The maximum atomic E-state index is 5.43. The van der Waals surface area contributed by atoms with Crippen LogP contribution in [0.25, 0.3) is 0 Å². The molecule has 0 aliphatic heterocycles. The number of nitrogens with one attached hydrogen (secondary N) is 2. The maximum absolute atomic E-state index is 5.43. The molecular weight excluding hydrogens is 443 g/mol. The fraction of sp³-hybridized carbons (Fsp3) is 0.611. The van der Waals surface area contributed by atoms with E-state index < -0.39 is 0 Å². The van der Waals surface area contributed by atoms with Crippen LogP contribution in [0.4, 0.5) is 0 Å².